The van der Waals surface area contributed by atoms with Crippen LogP contribution in [0, 0.1) is 0 Å². The van der Waals surface area contributed by atoms with Crippen LogP contribution >= 0.6 is 0 Å². The van der Waals surface area contributed by atoms with Crippen LogP contribution in [0.1, 0.15) is 100 Å². The third-order valence-corrected chi connectivity index (χ3v) is 15.7. The number of benzene rings is 10. The second kappa shape index (κ2) is 10.9. The molecule has 0 spiro atoms. The molecule has 0 amide bonds. The highest BCUT2D eigenvalue weighted by molar-refractivity contribution is 6.36. The van der Waals surface area contributed by atoms with Crippen LogP contribution in [0.3, 0.4) is 0 Å². The normalized spacial score (nSPS) is 19.2. The van der Waals surface area contributed by atoms with Gasteiger partial charge >= 0.3 is 0 Å². The molecule has 0 aliphatic heterocycles. The van der Waals surface area contributed by atoms with Crippen molar-refractivity contribution in [2.45, 2.75) is 23.7 Å². The number of Topliss-reactive ketones (excluding diaryl/α,β-unsaturated/α-hetero) is 2. The molecule has 0 fully saturated rings. The molecule has 63 heavy (non-hydrogen) atoms. The fourth-order valence-electron chi connectivity index (χ4n) is 13.3. The SMILES string of the molecule is O=C1c2cc3c(cc2C2c4ccccc4C1c1ccccc12)c1cc2c4cccc5cccc(c(=O)c2c2c6cc7c(cc6n3c12)C(=O)C1c2ccccc2C7c2ccccc21)c54. The highest BCUT2D eigenvalue weighted by atomic mass is 16.1. The van der Waals surface area contributed by atoms with E-state index in [4.69, 9.17) is 0 Å². The first-order valence-corrected chi connectivity index (χ1v) is 21.9. The van der Waals surface area contributed by atoms with Crippen molar-refractivity contribution in [3.05, 3.63) is 241 Å². The van der Waals surface area contributed by atoms with E-state index in [1.54, 1.807) is 0 Å². The second-order valence-electron chi connectivity index (χ2n) is 18.3. The van der Waals surface area contributed by atoms with E-state index in [-0.39, 0.29) is 28.8 Å². The molecule has 4 heteroatoms. The van der Waals surface area contributed by atoms with Crippen LogP contribution in [0.2, 0.25) is 0 Å². The smallest absolute Gasteiger partial charge is 0.195 e. The zero-order valence-corrected chi connectivity index (χ0v) is 33.6. The van der Waals surface area contributed by atoms with E-state index in [1.807, 2.05) is 24.3 Å². The van der Waals surface area contributed by atoms with Crippen molar-refractivity contribution in [3.63, 3.8) is 0 Å². The number of nitrogens with zero attached hydrogens (tertiary/aromatic N) is 1. The van der Waals surface area contributed by atoms with Gasteiger partial charge in [-0.15, -0.1) is 0 Å². The van der Waals surface area contributed by atoms with Crippen LogP contribution in [-0.2, 0) is 0 Å². The summed E-state index contributed by atoms with van der Waals surface area (Å²) in [5.41, 5.74) is 15.1. The Bertz CT molecular complexity index is 4150. The monoisotopic (exact) mass is 801 g/mol. The molecule has 6 aliphatic rings. The zero-order valence-electron chi connectivity index (χ0n) is 33.6. The Morgan fingerprint density at radius 3 is 1.27 bits per heavy atom. The highest BCUT2D eigenvalue weighted by Gasteiger charge is 2.45. The number of carbonyl (C=O) groups excluding carboxylic acids is 2. The van der Waals surface area contributed by atoms with Gasteiger partial charge in [0.2, 0.25) is 0 Å². The van der Waals surface area contributed by atoms with E-state index in [0.29, 0.717) is 16.3 Å². The Morgan fingerprint density at radius 1 is 0.317 bits per heavy atom. The predicted molar refractivity (Wildman–Crippen MR) is 251 cm³/mol. The fourth-order valence-corrected chi connectivity index (χ4v) is 13.3. The number of rotatable bonds is 0. The van der Waals surface area contributed by atoms with Crippen molar-refractivity contribution in [2.75, 3.05) is 0 Å². The van der Waals surface area contributed by atoms with Gasteiger partial charge in [0.15, 0.2) is 17.0 Å². The summed E-state index contributed by atoms with van der Waals surface area (Å²) in [6, 6.07) is 57.2. The van der Waals surface area contributed by atoms with Crippen LogP contribution in [0.25, 0.3) is 70.4 Å². The minimum Gasteiger partial charge on any atom is -0.308 e. The Kier molecular flexibility index (Phi) is 5.68. The fraction of sp³-hybridized carbons (Fsp3) is 0.0678. The summed E-state index contributed by atoms with van der Waals surface area (Å²) in [6.07, 6.45) is 0. The molecule has 0 N–H and O–H groups in total. The van der Waals surface area contributed by atoms with Crippen LogP contribution in [-0.4, -0.2) is 16.0 Å². The van der Waals surface area contributed by atoms with E-state index in [1.165, 1.54) is 11.1 Å². The number of hydrogen-bond acceptors (Lipinski definition) is 3. The molecule has 2 aromatic heterocycles. The number of carbonyl (C=O) groups is 2. The third-order valence-electron chi connectivity index (χ3n) is 15.7. The molecule has 4 nitrogen and oxygen atoms in total. The molecule has 0 saturated heterocycles. The second-order valence-corrected chi connectivity index (χ2v) is 18.3. The summed E-state index contributed by atoms with van der Waals surface area (Å²) in [5.74, 6) is -0.898. The maximum absolute atomic E-state index is 15.3. The van der Waals surface area contributed by atoms with Crippen molar-refractivity contribution in [2.24, 2.45) is 0 Å². The minimum absolute atomic E-state index is 0.00924. The number of fused-ring (bicyclic) bond motifs is 9. The van der Waals surface area contributed by atoms with E-state index in [9.17, 15) is 0 Å². The first-order chi connectivity index (χ1) is 31.0. The average molecular weight is 802 g/mol. The Morgan fingerprint density at radius 2 is 0.762 bits per heavy atom. The van der Waals surface area contributed by atoms with Gasteiger partial charge in [0.1, 0.15) is 0 Å². The third kappa shape index (κ3) is 3.66. The van der Waals surface area contributed by atoms with Gasteiger partial charge in [-0.05, 0) is 102 Å². The number of ketones is 2. The zero-order chi connectivity index (χ0) is 41.1. The van der Waals surface area contributed by atoms with Gasteiger partial charge in [-0.2, -0.15) is 0 Å². The first-order valence-electron chi connectivity index (χ1n) is 21.9. The molecular formula is C59H31NO3. The molecule has 6 aliphatic carbocycles. The largest absolute Gasteiger partial charge is 0.308 e. The summed E-state index contributed by atoms with van der Waals surface area (Å²) in [7, 11) is 0. The Hall–Kier alpha value is -7.95. The van der Waals surface area contributed by atoms with Crippen molar-refractivity contribution >= 4 is 82.0 Å². The minimum atomic E-state index is -0.420. The van der Waals surface area contributed by atoms with E-state index >= 15 is 14.4 Å². The van der Waals surface area contributed by atoms with Crippen LogP contribution in [0.15, 0.2) is 169 Å². The van der Waals surface area contributed by atoms with Gasteiger partial charge in [0.05, 0.1) is 28.4 Å². The lowest BCUT2D eigenvalue weighted by atomic mass is 9.72. The predicted octanol–water partition coefficient (Wildman–Crippen LogP) is 12.7. The maximum atomic E-state index is 15.3. The number of hydrogen-bond donors (Lipinski definition) is 0. The van der Waals surface area contributed by atoms with Crippen LogP contribution < -0.4 is 5.43 Å². The molecule has 18 rings (SSSR count). The lowest BCUT2D eigenvalue weighted by molar-refractivity contribution is 0.0966. The van der Waals surface area contributed by atoms with Gasteiger partial charge in [-0.1, -0.05) is 133 Å². The average Bonchev–Trinajstić information content (AvgIpc) is 3.68. The Labute approximate surface area is 358 Å². The lowest BCUT2D eigenvalue weighted by Crippen LogP contribution is -2.19. The number of aromatic nitrogens is 1. The van der Waals surface area contributed by atoms with Crippen molar-refractivity contribution in [1.82, 2.24) is 4.40 Å². The summed E-state index contributed by atoms with van der Waals surface area (Å²) < 4.78 is 2.28. The molecule has 0 saturated carbocycles. The molecule has 0 radical (unpaired) electrons. The molecule has 0 atom stereocenters. The molecule has 12 aromatic rings. The molecule has 0 unspecified atom stereocenters. The van der Waals surface area contributed by atoms with Gasteiger partial charge in [-0.3, -0.25) is 14.4 Å². The molecule has 290 valence electrons. The van der Waals surface area contributed by atoms with Crippen molar-refractivity contribution < 1.29 is 9.59 Å². The van der Waals surface area contributed by atoms with Crippen molar-refractivity contribution in [3.8, 4) is 0 Å². The standard InChI is InChI=1S/C59H31NO3/c61-57-38-22-10-12-28-11-9-21-37(49(28)38)40-24-43-39-23-41-44(58(62)52-33-17-5-1-13-29(33)50(41)30-14-2-6-18-34(30)52)26-47(39)60-48-27-45-42(25-46(48)54(55(40)57)56(43)60)51-31-15-3-7-19-35(31)53(59(45)63)36-20-8-4-16-32(36)51/h1-27,50-53H. The lowest BCUT2D eigenvalue weighted by Gasteiger charge is -2.30. The van der Waals surface area contributed by atoms with Crippen LogP contribution in [0.5, 0.6) is 0 Å². The summed E-state index contributed by atoms with van der Waals surface area (Å²) >= 11 is 0. The van der Waals surface area contributed by atoms with Crippen LogP contribution in [0.4, 0.5) is 0 Å². The molecule has 4 bridgehead atoms. The first kappa shape index (κ1) is 32.8. The maximum Gasteiger partial charge on any atom is 0.195 e. The van der Waals surface area contributed by atoms with Gasteiger partial charge in [-0.25, -0.2) is 0 Å². The van der Waals surface area contributed by atoms with E-state index in [0.717, 1.165) is 110 Å². The van der Waals surface area contributed by atoms with Gasteiger partial charge in [0, 0.05) is 60.7 Å². The van der Waals surface area contributed by atoms with Crippen molar-refractivity contribution in [1.29, 1.82) is 0 Å². The highest BCUT2D eigenvalue weighted by Crippen LogP contribution is 2.56. The molecule has 2 heterocycles. The quantitative estimate of drug-likeness (QED) is 0.113. The summed E-state index contributed by atoms with van der Waals surface area (Å²) in [4.78, 5) is 45.9. The van der Waals surface area contributed by atoms with Gasteiger partial charge < -0.3 is 4.40 Å². The topological polar surface area (TPSA) is 55.6 Å². The van der Waals surface area contributed by atoms with E-state index < -0.39 is 11.8 Å². The van der Waals surface area contributed by atoms with E-state index in [2.05, 4.69) is 144 Å². The summed E-state index contributed by atoms with van der Waals surface area (Å²) in [6.45, 7) is 0. The van der Waals surface area contributed by atoms with Gasteiger partial charge in [0.25, 0.3) is 0 Å². The summed E-state index contributed by atoms with van der Waals surface area (Å²) in [5, 5.41) is 9.30. The molecule has 10 aromatic carbocycles. The molecular weight excluding hydrogens is 771 g/mol. The Balaban J connectivity index is 1.12.